The summed E-state index contributed by atoms with van der Waals surface area (Å²) in [5.74, 6) is 0.621. The molecule has 1 saturated carbocycles. The fourth-order valence-corrected chi connectivity index (χ4v) is 3.69. The Balaban J connectivity index is 2.37. The minimum absolute atomic E-state index is 0.224. The molecule has 0 saturated heterocycles. The summed E-state index contributed by atoms with van der Waals surface area (Å²) in [5.41, 5.74) is 5.86. The lowest BCUT2D eigenvalue weighted by atomic mass is 9.59. The van der Waals surface area contributed by atoms with Crippen molar-refractivity contribution >= 4 is 11.6 Å². The highest BCUT2D eigenvalue weighted by Crippen LogP contribution is 2.50. The van der Waals surface area contributed by atoms with Crippen molar-refractivity contribution in [2.45, 2.75) is 45.1 Å². The summed E-state index contributed by atoms with van der Waals surface area (Å²) in [7, 11) is 0. The van der Waals surface area contributed by atoms with Gasteiger partial charge >= 0.3 is 0 Å². The van der Waals surface area contributed by atoms with Gasteiger partial charge < -0.3 is 10.8 Å². The number of hydrogen-bond donors (Lipinski definition) is 2. The molecular weight excluding hydrogens is 258 g/mol. The second kappa shape index (κ2) is 5.43. The van der Waals surface area contributed by atoms with E-state index in [0.29, 0.717) is 17.5 Å². The molecule has 0 radical (unpaired) electrons. The maximum Gasteiger partial charge on any atom is 0.0936 e. The number of rotatable bonds is 3. The quantitative estimate of drug-likeness (QED) is 0.887. The summed E-state index contributed by atoms with van der Waals surface area (Å²) in [6.45, 7) is 4.68. The number of benzene rings is 1. The molecule has 3 unspecified atom stereocenters. The molecule has 0 aliphatic heterocycles. The molecule has 3 heteroatoms. The van der Waals surface area contributed by atoms with E-state index < -0.39 is 5.60 Å². The predicted octanol–water partition coefficient (Wildman–Crippen LogP) is 3.70. The van der Waals surface area contributed by atoms with Gasteiger partial charge in [-0.1, -0.05) is 43.5 Å². The van der Waals surface area contributed by atoms with Gasteiger partial charge in [-0.15, -0.1) is 0 Å². The molecule has 1 fully saturated rings. The third-order valence-electron chi connectivity index (χ3n) is 4.92. The topological polar surface area (TPSA) is 46.2 Å². The number of aliphatic hydroxyl groups is 1. The molecule has 1 aliphatic carbocycles. The van der Waals surface area contributed by atoms with Gasteiger partial charge in [0.15, 0.2) is 0 Å². The lowest BCUT2D eigenvalue weighted by molar-refractivity contribution is -0.101. The van der Waals surface area contributed by atoms with Gasteiger partial charge in [-0.25, -0.2) is 0 Å². The highest BCUT2D eigenvalue weighted by atomic mass is 35.5. The van der Waals surface area contributed by atoms with Crippen molar-refractivity contribution in [3.8, 4) is 0 Å². The summed E-state index contributed by atoms with van der Waals surface area (Å²) in [6, 6.07) is 7.50. The van der Waals surface area contributed by atoms with E-state index >= 15 is 0 Å². The third-order valence-corrected chi connectivity index (χ3v) is 5.17. The molecule has 0 amide bonds. The van der Waals surface area contributed by atoms with Crippen LogP contribution >= 0.6 is 11.6 Å². The molecule has 1 aliphatic rings. The van der Waals surface area contributed by atoms with Crippen LogP contribution in [0.15, 0.2) is 24.3 Å². The Kier molecular flexibility index (Phi) is 4.24. The first-order valence-electron chi connectivity index (χ1n) is 7.10. The molecule has 0 aromatic heterocycles. The maximum atomic E-state index is 11.1. The lowest BCUT2D eigenvalue weighted by Gasteiger charge is -2.49. The second-order valence-corrected chi connectivity index (χ2v) is 6.70. The van der Waals surface area contributed by atoms with E-state index in [0.717, 1.165) is 24.8 Å². The fourth-order valence-electron chi connectivity index (χ4n) is 3.57. The Morgan fingerprint density at radius 2 is 2.05 bits per heavy atom. The van der Waals surface area contributed by atoms with Crippen LogP contribution in [0.3, 0.4) is 0 Å². The Bertz CT molecular complexity index is 429. The van der Waals surface area contributed by atoms with Crippen LogP contribution in [0.2, 0.25) is 5.02 Å². The van der Waals surface area contributed by atoms with Crippen molar-refractivity contribution in [3.05, 3.63) is 34.9 Å². The molecule has 19 heavy (non-hydrogen) atoms. The average molecular weight is 282 g/mol. The zero-order chi connectivity index (χ0) is 14.1. The van der Waals surface area contributed by atoms with Gasteiger partial charge in [0, 0.05) is 17.0 Å². The fraction of sp³-hybridized carbons (Fsp3) is 0.625. The van der Waals surface area contributed by atoms with Crippen molar-refractivity contribution in [1.29, 1.82) is 0 Å². The van der Waals surface area contributed by atoms with Crippen molar-refractivity contribution in [2.75, 3.05) is 6.54 Å². The maximum absolute atomic E-state index is 11.1. The van der Waals surface area contributed by atoms with Crippen LogP contribution < -0.4 is 5.73 Å². The zero-order valence-electron chi connectivity index (χ0n) is 11.8. The molecular formula is C16H24ClNO. The molecule has 106 valence electrons. The number of nitrogens with two attached hydrogens (primary N) is 1. The SMILES string of the molecule is CC1CCCC(CN)(C(C)(O)c2ccc(Cl)cc2)C1. The Hall–Kier alpha value is -0.570. The standard InChI is InChI=1S/C16H24ClNO/c1-12-4-3-9-16(10-12,11-18)15(2,19)13-5-7-14(17)8-6-13/h5-8,12,19H,3-4,9-11,18H2,1-2H3. The van der Waals surface area contributed by atoms with Crippen LogP contribution in [0, 0.1) is 11.3 Å². The van der Waals surface area contributed by atoms with Gasteiger partial charge in [-0.3, -0.25) is 0 Å². The first-order valence-corrected chi connectivity index (χ1v) is 7.47. The number of hydrogen-bond acceptors (Lipinski definition) is 2. The van der Waals surface area contributed by atoms with E-state index in [9.17, 15) is 5.11 Å². The van der Waals surface area contributed by atoms with E-state index in [4.69, 9.17) is 17.3 Å². The van der Waals surface area contributed by atoms with Gasteiger partial charge in [0.1, 0.15) is 0 Å². The molecule has 2 nitrogen and oxygen atoms in total. The van der Waals surface area contributed by atoms with Crippen LogP contribution in [0.4, 0.5) is 0 Å². The van der Waals surface area contributed by atoms with E-state index in [2.05, 4.69) is 6.92 Å². The van der Waals surface area contributed by atoms with E-state index in [1.807, 2.05) is 31.2 Å². The predicted molar refractivity (Wildman–Crippen MR) is 80.1 cm³/mol. The van der Waals surface area contributed by atoms with Crippen molar-refractivity contribution in [3.63, 3.8) is 0 Å². The summed E-state index contributed by atoms with van der Waals surface area (Å²) >= 11 is 5.93. The van der Waals surface area contributed by atoms with E-state index in [1.165, 1.54) is 6.42 Å². The van der Waals surface area contributed by atoms with Crippen LogP contribution in [0.5, 0.6) is 0 Å². The Morgan fingerprint density at radius 1 is 1.42 bits per heavy atom. The first-order chi connectivity index (χ1) is 8.91. The zero-order valence-corrected chi connectivity index (χ0v) is 12.6. The minimum atomic E-state index is -0.902. The third kappa shape index (κ3) is 2.67. The minimum Gasteiger partial charge on any atom is -0.385 e. The van der Waals surface area contributed by atoms with Gasteiger partial charge in [0.2, 0.25) is 0 Å². The summed E-state index contributed by atoms with van der Waals surface area (Å²) in [4.78, 5) is 0. The summed E-state index contributed by atoms with van der Waals surface area (Å²) in [5, 5.41) is 11.8. The largest absolute Gasteiger partial charge is 0.385 e. The number of halogens is 1. The Labute approximate surface area is 121 Å². The van der Waals surface area contributed by atoms with Crippen molar-refractivity contribution in [1.82, 2.24) is 0 Å². The molecule has 3 N–H and O–H groups in total. The van der Waals surface area contributed by atoms with Gasteiger partial charge in [0.05, 0.1) is 5.60 Å². The molecule has 0 heterocycles. The summed E-state index contributed by atoms with van der Waals surface area (Å²) in [6.07, 6.45) is 4.35. The van der Waals surface area contributed by atoms with Crippen molar-refractivity contribution in [2.24, 2.45) is 17.1 Å². The van der Waals surface area contributed by atoms with Crippen LogP contribution in [-0.2, 0) is 5.60 Å². The van der Waals surface area contributed by atoms with Gasteiger partial charge in [0.25, 0.3) is 0 Å². The molecule has 0 bridgehead atoms. The molecule has 1 aromatic carbocycles. The molecule has 0 spiro atoms. The van der Waals surface area contributed by atoms with Crippen LogP contribution in [0.25, 0.3) is 0 Å². The lowest BCUT2D eigenvalue weighted by Crippen LogP contribution is -2.51. The van der Waals surface area contributed by atoms with Crippen molar-refractivity contribution < 1.29 is 5.11 Å². The molecule has 3 atom stereocenters. The normalized spacial score (nSPS) is 30.9. The highest BCUT2D eigenvalue weighted by Gasteiger charge is 2.48. The van der Waals surface area contributed by atoms with Crippen LogP contribution in [-0.4, -0.2) is 11.7 Å². The van der Waals surface area contributed by atoms with Crippen LogP contribution in [0.1, 0.15) is 45.1 Å². The highest BCUT2D eigenvalue weighted by molar-refractivity contribution is 6.30. The Morgan fingerprint density at radius 3 is 2.58 bits per heavy atom. The average Bonchev–Trinajstić information content (AvgIpc) is 2.39. The molecule has 2 rings (SSSR count). The first kappa shape index (κ1) is 14.8. The van der Waals surface area contributed by atoms with Gasteiger partial charge in [-0.2, -0.15) is 0 Å². The molecule has 1 aromatic rings. The smallest absolute Gasteiger partial charge is 0.0936 e. The van der Waals surface area contributed by atoms with E-state index in [1.54, 1.807) is 0 Å². The summed E-state index contributed by atoms with van der Waals surface area (Å²) < 4.78 is 0. The van der Waals surface area contributed by atoms with E-state index in [-0.39, 0.29) is 5.41 Å². The van der Waals surface area contributed by atoms with Gasteiger partial charge in [-0.05, 0) is 43.4 Å². The monoisotopic (exact) mass is 281 g/mol. The second-order valence-electron chi connectivity index (χ2n) is 6.27.